The summed E-state index contributed by atoms with van der Waals surface area (Å²) in [6.45, 7) is 3.50. The second kappa shape index (κ2) is 8.27. The van der Waals surface area contributed by atoms with Crippen molar-refractivity contribution in [1.82, 2.24) is 19.8 Å². The Balaban J connectivity index is 1.63. The maximum absolute atomic E-state index is 13.4. The lowest BCUT2D eigenvalue weighted by molar-refractivity contribution is 0.0263. The van der Waals surface area contributed by atoms with Crippen LogP contribution < -0.4 is 4.90 Å². The average Bonchev–Trinajstić information content (AvgIpc) is 3.07. The van der Waals surface area contributed by atoms with E-state index in [4.69, 9.17) is 5.26 Å². The minimum atomic E-state index is -0.185. The molecule has 2 fully saturated rings. The molecule has 7 nitrogen and oxygen atoms in total. The van der Waals surface area contributed by atoms with E-state index in [2.05, 4.69) is 71.1 Å². The number of nitrogens with zero attached hydrogens (tertiary/aromatic N) is 6. The molecule has 31 heavy (non-hydrogen) atoms. The van der Waals surface area contributed by atoms with Gasteiger partial charge in [0.2, 0.25) is 5.82 Å². The molecule has 162 valence electrons. The van der Waals surface area contributed by atoms with Crippen LogP contribution in [0.25, 0.3) is 0 Å². The molecule has 2 heterocycles. The molecule has 7 heteroatoms. The van der Waals surface area contributed by atoms with Crippen LogP contribution in [0.1, 0.15) is 50.4 Å². The fraction of sp³-hybridized carbons (Fsp3) is 0.500. The highest BCUT2D eigenvalue weighted by molar-refractivity contribution is 5.95. The highest BCUT2D eigenvalue weighted by Crippen LogP contribution is 2.49. The third-order valence-electron chi connectivity index (χ3n) is 7.16. The standard InChI is InChI=1S/C24H30N6O/c1-4-14-30-22(31)29(20-16-26-21(15-25)27-17-20)18-23(30)10-12-24(13-11-23,28(2)3)19-8-6-5-7-9-19/h5-9,16-17H,4,10-14,18H2,1-3H3/t23-,24-. The number of nitriles is 1. The summed E-state index contributed by atoms with van der Waals surface area (Å²) in [5.74, 6) is 0.117. The lowest BCUT2D eigenvalue weighted by Gasteiger charge is -2.51. The number of amides is 2. The van der Waals surface area contributed by atoms with Gasteiger partial charge >= 0.3 is 6.03 Å². The first-order valence-electron chi connectivity index (χ1n) is 11.0. The van der Waals surface area contributed by atoms with Gasteiger partial charge in [0.25, 0.3) is 0 Å². The predicted molar refractivity (Wildman–Crippen MR) is 119 cm³/mol. The van der Waals surface area contributed by atoms with Gasteiger partial charge in [-0.25, -0.2) is 14.8 Å². The maximum Gasteiger partial charge on any atom is 0.325 e. The molecule has 2 aromatic rings. The molecule has 0 unspecified atom stereocenters. The normalized spacial score (nSPS) is 26.0. The van der Waals surface area contributed by atoms with Gasteiger partial charge in [-0.05, 0) is 51.8 Å². The first-order valence-corrected chi connectivity index (χ1v) is 11.0. The first kappa shape index (κ1) is 21.3. The number of aromatic nitrogens is 2. The Labute approximate surface area is 184 Å². The Morgan fingerprint density at radius 3 is 2.29 bits per heavy atom. The number of hydrogen-bond donors (Lipinski definition) is 0. The van der Waals surface area contributed by atoms with Gasteiger partial charge in [-0.15, -0.1) is 0 Å². The van der Waals surface area contributed by atoms with E-state index in [0.29, 0.717) is 12.2 Å². The molecule has 0 N–H and O–H groups in total. The zero-order chi connectivity index (χ0) is 22.1. The van der Waals surface area contributed by atoms with Crippen LogP contribution in [0.4, 0.5) is 10.5 Å². The van der Waals surface area contributed by atoms with Gasteiger partial charge in [0, 0.05) is 12.1 Å². The highest BCUT2D eigenvalue weighted by Gasteiger charge is 2.54. The van der Waals surface area contributed by atoms with Gasteiger partial charge in [0.15, 0.2) is 0 Å². The van der Waals surface area contributed by atoms with E-state index < -0.39 is 0 Å². The van der Waals surface area contributed by atoms with Crippen LogP contribution in [0, 0.1) is 11.3 Å². The summed E-state index contributed by atoms with van der Waals surface area (Å²) in [5, 5.41) is 8.98. The van der Waals surface area contributed by atoms with Gasteiger partial charge in [-0.2, -0.15) is 5.26 Å². The minimum Gasteiger partial charge on any atom is -0.317 e. The van der Waals surface area contributed by atoms with Crippen molar-refractivity contribution in [2.45, 2.75) is 50.1 Å². The molecule has 1 saturated carbocycles. The molecule has 1 aromatic carbocycles. The van der Waals surface area contributed by atoms with Crippen molar-refractivity contribution in [3.8, 4) is 6.07 Å². The number of urea groups is 1. The number of anilines is 1. The second-order valence-electron chi connectivity index (χ2n) is 8.91. The van der Waals surface area contributed by atoms with Gasteiger partial charge in [-0.3, -0.25) is 9.80 Å². The monoisotopic (exact) mass is 418 g/mol. The van der Waals surface area contributed by atoms with Crippen LogP contribution >= 0.6 is 0 Å². The Hall–Kier alpha value is -2.98. The molecule has 2 aliphatic rings. The Kier molecular flexibility index (Phi) is 5.67. The van der Waals surface area contributed by atoms with Crippen molar-refractivity contribution in [2.75, 3.05) is 32.1 Å². The Morgan fingerprint density at radius 1 is 1.10 bits per heavy atom. The van der Waals surface area contributed by atoms with Crippen LogP contribution in [0.5, 0.6) is 0 Å². The van der Waals surface area contributed by atoms with Gasteiger partial charge in [0.05, 0.1) is 30.2 Å². The molecular formula is C24H30N6O. The van der Waals surface area contributed by atoms with Crippen LogP contribution in [0.2, 0.25) is 0 Å². The largest absolute Gasteiger partial charge is 0.325 e. The number of hydrogen-bond acceptors (Lipinski definition) is 5. The van der Waals surface area contributed by atoms with Crippen LogP contribution in [-0.4, -0.2) is 58.5 Å². The molecule has 1 aliphatic carbocycles. The summed E-state index contributed by atoms with van der Waals surface area (Å²) in [5.41, 5.74) is 1.81. The fourth-order valence-corrected chi connectivity index (χ4v) is 5.37. The van der Waals surface area contributed by atoms with Crippen molar-refractivity contribution in [3.05, 3.63) is 54.1 Å². The second-order valence-corrected chi connectivity index (χ2v) is 8.91. The first-order chi connectivity index (χ1) is 15.0. The molecule has 2 amide bonds. The predicted octanol–water partition coefficient (Wildman–Crippen LogP) is 3.77. The highest BCUT2D eigenvalue weighted by atomic mass is 16.2. The van der Waals surface area contributed by atoms with Crippen LogP contribution in [0.3, 0.4) is 0 Å². The quantitative estimate of drug-likeness (QED) is 0.739. The minimum absolute atomic E-state index is 0.0155. The van der Waals surface area contributed by atoms with Crippen molar-refractivity contribution < 1.29 is 4.79 Å². The smallest absolute Gasteiger partial charge is 0.317 e. The summed E-state index contributed by atoms with van der Waals surface area (Å²) in [6, 6.07) is 12.7. The maximum atomic E-state index is 13.4. The summed E-state index contributed by atoms with van der Waals surface area (Å²) in [4.78, 5) is 27.8. The van der Waals surface area contributed by atoms with E-state index in [1.807, 2.05) is 6.07 Å². The number of carbonyl (C=O) groups is 1. The molecule has 0 atom stereocenters. The summed E-state index contributed by atoms with van der Waals surface area (Å²) >= 11 is 0. The van der Waals surface area contributed by atoms with Crippen LogP contribution in [0.15, 0.2) is 42.7 Å². The molecule has 4 rings (SSSR count). The van der Waals surface area contributed by atoms with Gasteiger partial charge < -0.3 is 4.90 Å². The van der Waals surface area contributed by atoms with Crippen LogP contribution in [-0.2, 0) is 5.54 Å². The van der Waals surface area contributed by atoms with Crippen molar-refractivity contribution in [3.63, 3.8) is 0 Å². The molecule has 0 bridgehead atoms. The molecule has 1 spiro atoms. The lowest BCUT2D eigenvalue weighted by Crippen LogP contribution is -2.55. The summed E-state index contributed by atoms with van der Waals surface area (Å²) in [6.07, 6.45) is 7.97. The molecule has 1 saturated heterocycles. The molecule has 1 aliphatic heterocycles. The molecular weight excluding hydrogens is 388 g/mol. The Bertz CT molecular complexity index is 958. The van der Waals surface area contributed by atoms with Crippen molar-refractivity contribution in [2.24, 2.45) is 0 Å². The number of rotatable bonds is 5. The summed E-state index contributed by atoms with van der Waals surface area (Å²) in [7, 11) is 4.32. The van der Waals surface area contributed by atoms with E-state index in [1.54, 1.807) is 17.3 Å². The number of benzene rings is 1. The van der Waals surface area contributed by atoms with E-state index >= 15 is 0 Å². The third-order valence-corrected chi connectivity index (χ3v) is 7.16. The lowest BCUT2D eigenvalue weighted by atomic mass is 9.68. The Morgan fingerprint density at radius 2 is 1.74 bits per heavy atom. The zero-order valence-corrected chi connectivity index (χ0v) is 18.6. The number of carbonyl (C=O) groups excluding carboxylic acids is 1. The molecule has 0 radical (unpaired) electrons. The van der Waals surface area contributed by atoms with E-state index in [-0.39, 0.29) is 22.9 Å². The van der Waals surface area contributed by atoms with E-state index in [9.17, 15) is 4.79 Å². The van der Waals surface area contributed by atoms with Gasteiger partial charge in [-0.1, -0.05) is 37.3 Å². The summed E-state index contributed by atoms with van der Waals surface area (Å²) < 4.78 is 0. The van der Waals surface area contributed by atoms with E-state index in [1.165, 1.54) is 5.56 Å². The zero-order valence-electron chi connectivity index (χ0n) is 18.6. The van der Waals surface area contributed by atoms with Crippen molar-refractivity contribution in [1.29, 1.82) is 5.26 Å². The SMILES string of the molecule is CCCN1C(=O)N(c2cnc(C#N)nc2)C[C@]12CC[C@@](c1ccccc1)(N(C)C)CC2. The molecule has 1 aromatic heterocycles. The van der Waals surface area contributed by atoms with Crippen molar-refractivity contribution >= 4 is 11.7 Å². The third kappa shape index (κ3) is 3.55. The topological polar surface area (TPSA) is 76.4 Å². The average molecular weight is 419 g/mol. The van der Waals surface area contributed by atoms with E-state index in [0.717, 1.165) is 38.6 Å². The van der Waals surface area contributed by atoms with Gasteiger partial charge in [0.1, 0.15) is 6.07 Å². The fourth-order valence-electron chi connectivity index (χ4n) is 5.37.